The third-order valence-electron chi connectivity index (χ3n) is 5.78. The van der Waals surface area contributed by atoms with E-state index < -0.39 is 0 Å². The van der Waals surface area contributed by atoms with Gasteiger partial charge >= 0.3 is 0 Å². The molecule has 3 saturated heterocycles. The molecule has 0 aromatic rings. The van der Waals surface area contributed by atoms with E-state index in [0.717, 1.165) is 12.0 Å². The maximum atomic E-state index is 3.48. The number of nitrogens with zero attached hydrogens (tertiary/aromatic N) is 2. The molecule has 3 heterocycles. The van der Waals surface area contributed by atoms with Crippen LogP contribution in [0.15, 0.2) is 0 Å². The molecule has 5 heteroatoms. The van der Waals surface area contributed by atoms with Crippen LogP contribution in [-0.2, 0) is 0 Å². The van der Waals surface area contributed by atoms with Gasteiger partial charge in [0.15, 0.2) is 0 Å². The molecular formula is C17H35Cl2N3. The van der Waals surface area contributed by atoms with Gasteiger partial charge in [-0.3, -0.25) is 0 Å². The van der Waals surface area contributed by atoms with Gasteiger partial charge in [0.2, 0.25) is 0 Å². The third kappa shape index (κ3) is 6.16. The molecule has 3 aliphatic rings. The topological polar surface area (TPSA) is 18.5 Å². The van der Waals surface area contributed by atoms with E-state index in [4.69, 9.17) is 0 Å². The molecule has 3 rings (SSSR count). The maximum Gasteiger partial charge on any atom is 0.0120 e. The Bertz CT molecular complexity index is 271. The smallest absolute Gasteiger partial charge is 0.0120 e. The summed E-state index contributed by atoms with van der Waals surface area (Å²) in [6.45, 7) is 9.32. The molecule has 0 atom stereocenters. The summed E-state index contributed by atoms with van der Waals surface area (Å²) in [6.07, 6.45) is 11.4. The maximum absolute atomic E-state index is 3.48. The predicted molar refractivity (Wildman–Crippen MR) is 99.6 cm³/mol. The fraction of sp³-hybridized carbons (Fsp3) is 1.00. The monoisotopic (exact) mass is 351 g/mol. The standard InChI is InChI=1S/C17H33N3.2ClH/c1-2-11-20(12-3-1)17-7-14-19(15-8-17)13-6-16-4-9-18-10-5-16;;/h16-18H,1-15H2;2*1H. The van der Waals surface area contributed by atoms with Crippen molar-refractivity contribution >= 4 is 24.8 Å². The summed E-state index contributed by atoms with van der Waals surface area (Å²) in [5.41, 5.74) is 0. The first kappa shape index (κ1) is 20.5. The van der Waals surface area contributed by atoms with Crippen LogP contribution in [-0.4, -0.2) is 61.7 Å². The van der Waals surface area contributed by atoms with Crippen LogP contribution in [0.3, 0.4) is 0 Å². The van der Waals surface area contributed by atoms with E-state index in [-0.39, 0.29) is 24.8 Å². The molecule has 0 amide bonds. The van der Waals surface area contributed by atoms with E-state index in [1.54, 1.807) is 0 Å². The van der Waals surface area contributed by atoms with Gasteiger partial charge in [-0.2, -0.15) is 0 Å². The Kier molecular flexibility index (Phi) is 10.3. The van der Waals surface area contributed by atoms with Crippen molar-refractivity contribution in [1.29, 1.82) is 0 Å². The van der Waals surface area contributed by atoms with E-state index in [1.165, 1.54) is 97.2 Å². The van der Waals surface area contributed by atoms with Crippen LogP contribution in [0.1, 0.15) is 51.4 Å². The Labute approximate surface area is 149 Å². The summed E-state index contributed by atoms with van der Waals surface area (Å²) < 4.78 is 0. The minimum absolute atomic E-state index is 0. The van der Waals surface area contributed by atoms with Crippen LogP contribution in [0.5, 0.6) is 0 Å². The lowest BCUT2D eigenvalue weighted by molar-refractivity contribution is 0.0891. The number of nitrogens with one attached hydrogen (secondary N) is 1. The van der Waals surface area contributed by atoms with Crippen molar-refractivity contribution in [2.24, 2.45) is 5.92 Å². The van der Waals surface area contributed by atoms with Crippen LogP contribution < -0.4 is 5.32 Å². The van der Waals surface area contributed by atoms with E-state index >= 15 is 0 Å². The van der Waals surface area contributed by atoms with Crippen molar-refractivity contribution in [1.82, 2.24) is 15.1 Å². The lowest BCUT2D eigenvalue weighted by Crippen LogP contribution is -2.47. The molecule has 0 spiro atoms. The highest BCUT2D eigenvalue weighted by Crippen LogP contribution is 2.22. The van der Waals surface area contributed by atoms with Gasteiger partial charge in [-0.15, -0.1) is 24.8 Å². The lowest BCUT2D eigenvalue weighted by Gasteiger charge is -2.40. The first-order valence-electron chi connectivity index (χ1n) is 9.09. The van der Waals surface area contributed by atoms with Crippen LogP contribution in [0.25, 0.3) is 0 Å². The first-order chi connectivity index (χ1) is 9.92. The Balaban J connectivity index is 0.00000121. The zero-order chi connectivity index (χ0) is 13.6. The molecule has 0 aromatic heterocycles. The fourth-order valence-electron chi connectivity index (χ4n) is 4.33. The van der Waals surface area contributed by atoms with Crippen molar-refractivity contribution in [3.63, 3.8) is 0 Å². The summed E-state index contributed by atoms with van der Waals surface area (Å²) in [6, 6.07) is 0.908. The molecule has 3 fully saturated rings. The molecule has 0 unspecified atom stereocenters. The fourth-order valence-corrected chi connectivity index (χ4v) is 4.33. The Morgan fingerprint density at radius 2 is 1.41 bits per heavy atom. The van der Waals surface area contributed by atoms with E-state index in [2.05, 4.69) is 15.1 Å². The van der Waals surface area contributed by atoms with Gasteiger partial charge < -0.3 is 15.1 Å². The number of halogens is 2. The highest BCUT2D eigenvalue weighted by atomic mass is 35.5. The van der Waals surface area contributed by atoms with Gasteiger partial charge in [0.05, 0.1) is 0 Å². The highest BCUT2D eigenvalue weighted by molar-refractivity contribution is 5.85. The van der Waals surface area contributed by atoms with Crippen molar-refractivity contribution in [2.45, 2.75) is 57.4 Å². The summed E-state index contributed by atoms with van der Waals surface area (Å²) in [5, 5.41) is 3.48. The van der Waals surface area contributed by atoms with Crippen molar-refractivity contribution in [3.8, 4) is 0 Å². The van der Waals surface area contributed by atoms with Gasteiger partial charge in [-0.1, -0.05) is 6.42 Å². The molecule has 0 aromatic carbocycles. The van der Waals surface area contributed by atoms with Crippen molar-refractivity contribution in [2.75, 3.05) is 45.8 Å². The minimum Gasteiger partial charge on any atom is -0.317 e. The molecule has 0 aliphatic carbocycles. The first-order valence-corrected chi connectivity index (χ1v) is 9.09. The van der Waals surface area contributed by atoms with Gasteiger partial charge in [-0.05, 0) is 96.7 Å². The molecule has 0 radical (unpaired) electrons. The second-order valence-electron chi connectivity index (χ2n) is 7.15. The Morgan fingerprint density at radius 3 is 2.05 bits per heavy atom. The highest BCUT2D eigenvalue weighted by Gasteiger charge is 2.25. The van der Waals surface area contributed by atoms with Crippen LogP contribution in [0.4, 0.5) is 0 Å². The summed E-state index contributed by atoms with van der Waals surface area (Å²) in [5.74, 6) is 0.996. The van der Waals surface area contributed by atoms with Crippen LogP contribution >= 0.6 is 24.8 Å². The average Bonchev–Trinajstić information content (AvgIpc) is 2.55. The van der Waals surface area contributed by atoms with Crippen molar-refractivity contribution < 1.29 is 0 Å². The summed E-state index contributed by atoms with van der Waals surface area (Å²) in [7, 11) is 0. The molecule has 1 N–H and O–H groups in total. The molecule has 3 nitrogen and oxygen atoms in total. The quantitative estimate of drug-likeness (QED) is 0.838. The van der Waals surface area contributed by atoms with Crippen LogP contribution in [0, 0.1) is 5.92 Å². The largest absolute Gasteiger partial charge is 0.317 e. The summed E-state index contributed by atoms with van der Waals surface area (Å²) >= 11 is 0. The second-order valence-corrected chi connectivity index (χ2v) is 7.15. The Hall–Kier alpha value is 0.460. The number of rotatable bonds is 4. The van der Waals surface area contributed by atoms with E-state index in [0.29, 0.717) is 0 Å². The van der Waals surface area contributed by atoms with E-state index in [9.17, 15) is 0 Å². The van der Waals surface area contributed by atoms with Gasteiger partial charge in [0, 0.05) is 6.04 Å². The SMILES string of the molecule is C1CCN(C2CCN(CCC3CCNCC3)CC2)CC1.Cl.Cl. The molecule has 0 bridgehead atoms. The van der Waals surface area contributed by atoms with Gasteiger partial charge in [0.1, 0.15) is 0 Å². The molecular weight excluding hydrogens is 317 g/mol. The van der Waals surface area contributed by atoms with Gasteiger partial charge in [-0.25, -0.2) is 0 Å². The Morgan fingerprint density at radius 1 is 0.773 bits per heavy atom. The molecule has 0 saturated carbocycles. The lowest BCUT2D eigenvalue weighted by atomic mass is 9.93. The van der Waals surface area contributed by atoms with Crippen LogP contribution in [0.2, 0.25) is 0 Å². The number of likely N-dealkylation sites (tertiary alicyclic amines) is 2. The second kappa shape index (κ2) is 11.1. The number of hydrogen-bond donors (Lipinski definition) is 1. The summed E-state index contributed by atoms with van der Waals surface area (Å²) in [4.78, 5) is 5.52. The molecule has 132 valence electrons. The number of hydrogen-bond acceptors (Lipinski definition) is 3. The molecule has 3 aliphatic heterocycles. The zero-order valence-electron chi connectivity index (χ0n) is 14.0. The number of piperidine rings is 3. The van der Waals surface area contributed by atoms with Gasteiger partial charge in [0.25, 0.3) is 0 Å². The van der Waals surface area contributed by atoms with E-state index in [1.807, 2.05) is 0 Å². The third-order valence-corrected chi connectivity index (χ3v) is 5.78. The average molecular weight is 352 g/mol. The predicted octanol–water partition coefficient (Wildman–Crippen LogP) is 3.17. The minimum atomic E-state index is 0. The zero-order valence-corrected chi connectivity index (χ0v) is 15.6. The normalized spacial score (nSPS) is 26.2. The van der Waals surface area contributed by atoms with Crippen molar-refractivity contribution in [3.05, 3.63) is 0 Å². The molecule has 22 heavy (non-hydrogen) atoms.